The van der Waals surface area contributed by atoms with E-state index in [1.54, 1.807) is 17.0 Å². The Bertz CT molecular complexity index is 957. The average molecular weight is 441 g/mol. The van der Waals surface area contributed by atoms with Gasteiger partial charge >= 0.3 is 0 Å². The van der Waals surface area contributed by atoms with Crippen LogP contribution in [-0.4, -0.2) is 35.6 Å². The van der Waals surface area contributed by atoms with Gasteiger partial charge in [0, 0.05) is 35.1 Å². The number of fused-ring (bicyclic) bond motifs is 1. The van der Waals surface area contributed by atoms with E-state index in [-0.39, 0.29) is 17.6 Å². The van der Waals surface area contributed by atoms with E-state index in [4.69, 9.17) is 0 Å². The molecule has 1 N–H and O–H groups in total. The van der Waals surface area contributed by atoms with Crippen LogP contribution in [0.3, 0.4) is 0 Å². The summed E-state index contributed by atoms with van der Waals surface area (Å²) in [5.41, 5.74) is 2.96. The number of Topliss-reactive ketones (excluding diaryl/α,β-unsaturated/α-hetero) is 1. The summed E-state index contributed by atoms with van der Waals surface area (Å²) in [5, 5.41) is 2.86. The van der Waals surface area contributed by atoms with Crippen molar-refractivity contribution < 1.29 is 14.4 Å². The highest BCUT2D eigenvalue weighted by atomic mass is 79.9. The lowest BCUT2D eigenvalue weighted by Gasteiger charge is -2.36. The number of amides is 2. The maximum Gasteiger partial charge on any atom is 0.254 e. The number of nitrogens with one attached hydrogen (secondary N) is 1. The van der Waals surface area contributed by atoms with Gasteiger partial charge in [-0.3, -0.25) is 14.4 Å². The summed E-state index contributed by atoms with van der Waals surface area (Å²) >= 11 is 3.50. The van der Waals surface area contributed by atoms with Crippen LogP contribution in [0.15, 0.2) is 46.9 Å². The minimum Gasteiger partial charge on any atom is -0.352 e. The molecule has 5 nitrogen and oxygen atoms in total. The number of carbonyl (C=O) groups excluding carboxylic acids is 3. The van der Waals surface area contributed by atoms with Gasteiger partial charge in [-0.1, -0.05) is 40.2 Å². The topological polar surface area (TPSA) is 66.5 Å². The monoisotopic (exact) mass is 440 g/mol. The third kappa shape index (κ3) is 3.49. The van der Waals surface area contributed by atoms with Crippen molar-refractivity contribution in [2.75, 3.05) is 13.1 Å². The number of hydrogen-bond acceptors (Lipinski definition) is 3. The van der Waals surface area contributed by atoms with Crippen LogP contribution in [0.2, 0.25) is 0 Å². The highest BCUT2D eigenvalue weighted by Gasteiger charge is 2.36. The zero-order chi connectivity index (χ0) is 19.7. The fraction of sp³-hybridized carbons (Fsp3) is 0.318. The summed E-state index contributed by atoms with van der Waals surface area (Å²) in [6.07, 6.45) is 3.20. The Morgan fingerprint density at radius 3 is 2.68 bits per heavy atom. The van der Waals surface area contributed by atoms with Crippen LogP contribution in [0.1, 0.15) is 57.1 Å². The van der Waals surface area contributed by atoms with Gasteiger partial charge < -0.3 is 10.2 Å². The molecule has 2 aliphatic rings. The lowest BCUT2D eigenvalue weighted by Crippen LogP contribution is -2.52. The quantitative estimate of drug-likeness (QED) is 0.724. The third-order valence-electron chi connectivity index (χ3n) is 5.43. The molecule has 4 rings (SSSR count). The van der Waals surface area contributed by atoms with Crippen LogP contribution >= 0.6 is 15.9 Å². The molecule has 0 spiro atoms. The standard InChI is InChI=1S/C22H21BrN2O3/c23-18-7-3-2-6-17(18)20-21(27)24-11-12-25(20)22(28)15-9-10-16-14(13-15)5-1-4-8-19(16)26/h2-3,6-7,9-10,13,20H,1,4-5,8,11-12H2,(H,24,27). The lowest BCUT2D eigenvalue weighted by molar-refractivity contribution is -0.128. The van der Waals surface area contributed by atoms with E-state index in [1.165, 1.54) is 0 Å². The number of piperazine rings is 1. The van der Waals surface area contributed by atoms with Crippen molar-refractivity contribution in [3.05, 3.63) is 69.2 Å². The van der Waals surface area contributed by atoms with Crippen molar-refractivity contribution in [3.63, 3.8) is 0 Å². The second-order valence-electron chi connectivity index (χ2n) is 7.22. The molecule has 144 valence electrons. The molecule has 1 aliphatic carbocycles. The average Bonchev–Trinajstić information content (AvgIpc) is 2.89. The van der Waals surface area contributed by atoms with Crippen LogP contribution in [0.5, 0.6) is 0 Å². The molecule has 2 aromatic rings. The van der Waals surface area contributed by atoms with E-state index in [0.29, 0.717) is 25.1 Å². The molecule has 0 bridgehead atoms. The summed E-state index contributed by atoms with van der Waals surface area (Å²) in [7, 11) is 0. The number of hydrogen-bond donors (Lipinski definition) is 1. The number of aryl methyl sites for hydroxylation is 1. The molecule has 0 radical (unpaired) electrons. The first-order valence-electron chi connectivity index (χ1n) is 9.55. The zero-order valence-electron chi connectivity index (χ0n) is 15.4. The summed E-state index contributed by atoms with van der Waals surface area (Å²) in [4.78, 5) is 39.9. The van der Waals surface area contributed by atoms with Crippen molar-refractivity contribution >= 4 is 33.5 Å². The summed E-state index contributed by atoms with van der Waals surface area (Å²) < 4.78 is 0.794. The van der Waals surface area contributed by atoms with E-state index in [9.17, 15) is 14.4 Å². The predicted molar refractivity (Wildman–Crippen MR) is 109 cm³/mol. The lowest BCUT2D eigenvalue weighted by atomic mass is 9.97. The zero-order valence-corrected chi connectivity index (χ0v) is 17.0. The highest BCUT2D eigenvalue weighted by Crippen LogP contribution is 2.31. The molecular weight excluding hydrogens is 420 g/mol. The predicted octanol–water partition coefficient (Wildman–Crippen LogP) is 3.67. The normalized spacial score (nSPS) is 19.6. The van der Waals surface area contributed by atoms with Crippen LogP contribution in [0.25, 0.3) is 0 Å². The maximum absolute atomic E-state index is 13.3. The first-order chi connectivity index (χ1) is 13.6. The van der Waals surface area contributed by atoms with Gasteiger partial charge in [0.15, 0.2) is 5.78 Å². The van der Waals surface area contributed by atoms with E-state index in [2.05, 4.69) is 21.2 Å². The molecule has 2 amide bonds. The van der Waals surface area contributed by atoms with Crippen molar-refractivity contribution in [2.24, 2.45) is 0 Å². The number of rotatable bonds is 2. The van der Waals surface area contributed by atoms with Gasteiger partial charge in [-0.15, -0.1) is 0 Å². The number of benzene rings is 2. The van der Waals surface area contributed by atoms with Crippen molar-refractivity contribution in [1.82, 2.24) is 10.2 Å². The number of ketones is 1. The second kappa shape index (κ2) is 7.87. The summed E-state index contributed by atoms with van der Waals surface area (Å²) in [5.74, 6) is -0.221. The fourth-order valence-corrected chi connectivity index (χ4v) is 4.50. The molecule has 2 aromatic carbocycles. The molecule has 6 heteroatoms. The Morgan fingerprint density at radius 1 is 1.07 bits per heavy atom. The second-order valence-corrected chi connectivity index (χ2v) is 8.07. The molecule has 1 saturated heterocycles. The molecule has 1 heterocycles. The van der Waals surface area contributed by atoms with Gasteiger partial charge in [-0.2, -0.15) is 0 Å². The maximum atomic E-state index is 13.3. The highest BCUT2D eigenvalue weighted by molar-refractivity contribution is 9.10. The Morgan fingerprint density at radius 2 is 1.86 bits per heavy atom. The Labute approximate surface area is 172 Å². The van der Waals surface area contributed by atoms with Crippen molar-refractivity contribution in [3.8, 4) is 0 Å². The van der Waals surface area contributed by atoms with Crippen LogP contribution in [-0.2, 0) is 11.2 Å². The van der Waals surface area contributed by atoms with Crippen molar-refractivity contribution in [1.29, 1.82) is 0 Å². The Hall–Kier alpha value is -2.47. The van der Waals surface area contributed by atoms with Gasteiger partial charge in [0.1, 0.15) is 6.04 Å². The summed E-state index contributed by atoms with van der Waals surface area (Å²) in [6.45, 7) is 0.863. The van der Waals surface area contributed by atoms with Gasteiger partial charge in [-0.05, 0) is 48.6 Å². The number of nitrogens with zero attached hydrogens (tertiary/aromatic N) is 1. The molecule has 0 saturated carbocycles. The molecule has 28 heavy (non-hydrogen) atoms. The number of carbonyl (C=O) groups is 3. The van der Waals surface area contributed by atoms with Gasteiger partial charge in [0.05, 0.1) is 0 Å². The molecule has 1 atom stereocenters. The van der Waals surface area contributed by atoms with Crippen LogP contribution in [0.4, 0.5) is 0 Å². The largest absolute Gasteiger partial charge is 0.352 e. The number of halogens is 1. The van der Waals surface area contributed by atoms with Gasteiger partial charge in [0.25, 0.3) is 5.91 Å². The van der Waals surface area contributed by atoms with E-state index >= 15 is 0 Å². The molecule has 1 unspecified atom stereocenters. The molecule has 0 aromatic heterocycles. The third-order valence-corrected chi connectivity index (χ3v) is 6.15. The summed E-state index contributed by atoms with van der Waals surface area (Å²) in [6, 6.07) is 12.1. The smallest absolute Gasteiger partial charge is 0.254 e. The van der Waals surface area contributed by atoms with Crippen LogP contribution < -0.4 is 5.32 Å². The van der Waals surface area contributed by atoms with Gasteiger partial charge in [-0.25, -0.2) is 0 Å². The SMILES string of the molecule is O=C1CCCCc2cc(C(=O)N3CCNC(=O)C3c3ccccc3Br)ccc21. The first kappa shape index (κ1) is 18.9. The minimum atomic E-state index is -0.683. The Balaban J connectivity index is 1.70. The van der Waals surface area contributed by atoms with Gasteiger partial charge in [0.2, 0.25) is 5.91 Å². The van der Waals surface area contributed by atoms with E-state index in [0.717, 1.165) is 40.4 Å². The van der Waals surface area contributed by atoms with Crippen LogP contribution in [0, 0.1) is 0 Å². The first-order valence-corrected chi connectivity index (χ1v) is 10.3. The molecule has 1 fully saturated rings. The van der Waals surface area contributed by atoms with E-state index < -0.39 is 6.04 Å². The Kier molecular flexibility index (Phi) is 5.31. The minimum absolute atomic E-state index is 0.148. The molecule has 1 aliphatic heterocycles. The fourth-order valence-electron chi connectivity index (χ4n) is 4.00. The molecular formula is C22H21BrN2O3. The van der Waals surface area contributed by atoms with Crippen molar-refractivity contribution in [2.45, 2.75) is 31.7 Å². The van der Waals surface area contributed by atoms with E-state index in [1.807, 2.05) is 30.3 Å².